The minimum absolute atomic E-state index is 0.150. The molecular formula is C32H44N4O5. The van der Waals surface area contributed by atoms with Gasteiger partial charge in [0.05, 0.1) is 11.6 Å². The van der Waals surface area contributed by atoms with E-state index in [1.807, 2.05) is 51.1 Å². The Morgan fingerprint density at radius 3 is 2.27 bits per heavy atom. The first-order chi connectivity index (χ1) is 19.5. The molecule has 1 aliphatic heterocycles. The van der Waals surface area contributed by atoms with Gasteiger partial charge >= 0.3 is 5.97 Å². The van der Waals surface area contributed by atoms with Crippen LogP contribution in [0.15, 0.2) is 60.7 Å². The fraction of sp³-hybridized carbons (Fsp3) is 0.500. The summed E-state index contributed by atoms with van der Waals surface area (Å²) in [6.07, 6.45) is 2.17. The summed E-state index contributed by atoms with van der Waals surface area (Å²) in [7, 11) is 1.70. The number of esters is 1. The number of carbonyl (C=O) groups excluding carboxylic acids is 4. The summed E-state index contributed by atoms with van der Waals surface area (Å²) in [6, 6.07) is 17.1. The monoisotopic (exact) mass is 564 g/mol. The normalized spacial score (nSPS) is 16.5. The molecule has 3 atom stereocenters. The van der Waals surface area contributed by atoms with Crippen LogP contribution in [-0.2, 0) is 25.5 Å². The van der Waals surface area contributed by atoms with Crippen LogP contribution >= 0.6 is 0 Å². The molecule has 9 heteroatoms. The fourth-order valence-corrected chi connectivity index (χ4v) is 4.89. The average Bonchev–Trinajstić information content (AvgIpc) is 3.44. The van der Waals surface area contributed by atoms with Crippen molar-refractivity contribution in [2.24, 2.45) is 5.41 Å². The van der Waals surface area contributed by atoms with E-state index in [4.69, 9.17) is 4.74 Å². The fourth-order valence-electron chi connectivity index (χ4n) is 4.89. The first kappa shape index (κ1) is 31.8. The average molecular weight is 565 g/mol. The quantitative estimate of drug-likeness (QED) is 0.384. The molecule has 222 valence electrons. The second kappa shape index (κ2) is 14.8. The third-order valence-electron chi connectivity index (χ3n) is 7.52. The van der Waals surface area contributed by atoms with Crippen LogP contribution in [-0.4, -0.2) is 84.9 Å². The third kappa shape index (κ3) is 9.14. The van der Waals surface area contributed by atoms with Crippen LogP contribution in [0, 0.1) is 5.41 Å². The van der Waals surface area contributed by atoms with Gasteiger partial charge in [0.15, 0.2) is 6.61 Å². The Morgan fingerprint density at radius 1 is 1.02 bits per heavy atom. The molecule has 1 heterocycles. The Kier molecular flexibility index (Phi) is 11.5. The van der Waals surface area contributed by atoms with Crippen LogP contribution in [0.2, 0.25) is 0 Å². The lowest BCUT2D eigenvalue weighted by Crippen LogP contribution is -2.59. The minimum Gasteiger partial charge on any atom is -0.452 e. The number of hydrogen-bond donors (Lipinski definition) is 2. The molecule has 0 bridgehead atoms. The third-order valence-corrected chi connectivity index (χ3v) is 7.52. The van der Waals surface area contributed by atoms with E-state index in [1.165, 1.54) is 0 Å². The van der Waals surface area contributed by atoms with Gasteiger partial charge in [-0.15, -0.1) is 0 Å². The zero-order valence-corrected chi connectivity index (χ0v) is 24.9. The van der Waals surface area contributed by atoms with E-state index in [9.17, 15) is 19.2 Å². The molecule has 2 aromatic rings. The Labute approximate surface area is 243 Å². The Bertz CT molecular complexity index is 1170. The van der Waals surface area contributed by atoms with Gasteiger partial charge in [-0.2, -0.15) is 0 Å². The van der Waals surface area contributed by atoms with Gasteiger partial charge < -0.3 is 25.2 Å². The van der Waals surface area contributed by atoms with Gasteiger partial charge in [-0.05, 0) is 56.3 Å². The van der Waals surface area contributed by atoms with Crippen molar-refractivity contribution in [2.45, 2.75) is 65.1 Å². The molecular weight excluding hydrogens is 520 g/mol. The van der Waals surface area contributed by atoms with Crippen LogP contribution in [0.25, 0.3) is 0 Å². The molecule has 0 aromatic heterocycles. The molecule has 0 saturated carbocycles. The van der Waals surface area contributed by atoms with Gasteiger partial charge in [0, 0.05) is 25.7 Å². The van der Waals surface area contributed by atoms with E-state index in [0.29, 0.717) is 31.6 Å². The number of rotatable bonds is 12. The first-order valence-electron chi connectivity index (χ1n) is 14.3. The first-order valence-corrected chi connectivity index (χ1v) is 14.3. The van der Waals surface area contributed by atoms with Gasteiger partial charge in [-0.3, -0.25) is 14.4 Å². The minimum atomic E-state index is -0.716. The van der Waals surface area contributed by atoms with Crippen molar-refractivity contribution < 1.29 is 23.9 Å². The Morgan fingerprint density at radius 2 is 1.66 bits per heavy atom. The highest BCUT2D eigenvalue weighted by molar-refractivity contribution is 5.92. The van der Waals surface area contributed by atoms with Gasteiger partial charge in [0.25, 0.3) is 5.91 Å². The van der Waals surface area contributed by atoms with Crippen LogP contribution in [0.5, 0.6) is 0 Å². The summed E-state index contributed by atoms with van der Waals surface area (Å²) in [5, 5.41) is 5.86. The molecule has 0 aliphatic carbocycles. The maximum atomic E-state index is 13.9. The lowest BCUT2D eigenvalue weighted by Gasteiger charge is -2.37. The summed E-state index contributed by atoms with van der Waals surface area (Å²) in [5.74, 6) is -1.26. The summed E-state index contributed by atoms with van der Waals surface area (Å²) < 4.78 is 5.36. The number of amides is 3. The van der Waals surface area contributed by atoms with Crippen molar-refractivity contribution in [2.75, 3.05) is 33.3 Å². The van der Waals surface area contributed by atoms with Crippen LogP contribution < -0.4 is 10.6 Å². The number of likely N-dealkylation sites (tertiary alicyclic amines) is 1. The van der Waals surface area contributed by atoms with Gasteiger partial charge in [0.2, 0.25) is 11.8 Å². The number of benzene rings is 2. The molecule has 1 fully saturated rings. The summed E-state index contributed by atoms with van der Waals surface area (Å²) >= 11 is 0. The SMILES string of the molecule is CN[C@@H](C)C(=O)NC(C(=O)N1CCCC1CN(CCc1ccccc1)C(=O)COC(=O)c1ccccc1)C(C)(C)C. The number of nitrogens with one attached hydrogen (secondary N) is 2. The number of likely N-dealkylation sites (N-methyl/N-ethyl adjacent to an activating group) is 1. The highest BCUT2D eigenvalue weighted by Crippen LogP contribution is 2.26. The molecule has 9 nitrogen and oxygen atoms in total. The van der Waals surface area contributed by atoms with Crippen LogP contribution in [0.1, 0.15) is 56.5 Å². The van der Waals surface area contributed by atoms with E-state index in [2.05, 4.69) is 10.6 Å². The number of carbonyl (C=O) groups is 4. The molecule has 41 heavy (non-hydrogen) atoms. The maximum absolute atomic E-state index is 13.9. The maximum Gasteiger partial charge on any atom is 0.338 e. The van der Waals surface area contributed by atoms with Crippen LogP contribution in [0.4, 0.5) is 0 Å². The van der Waals surface area contributed by atoms with E-state index < -0.39 is 23.5 Å². The molecule has 3 rings (SSSR count). The second-order valence-electron chi connectivity index (χ2n) is 11.7. The summed E-state index contributed by atoms with van der Waals surface area (Å²) in [6.45, 7) is 8.45. The van der Waals surface area contributed by atoms with Gasteiger partial charge in [-0.25, -0.2) is 4.79 Å². The Hall–Kier alpha value is -3.72. The molecule has 1 aliphatic rings. The zero-order valence-electron chi connectivity index (χ0n) is 24.9. The molecule has 2 unspecified atom stereocenters. The smallest absolute Gasteiger partial charge is 0.338 e. The number of hydrogen-bond acceptors (Lipinski definition) is 6. The molecule has 3 amide bonds. The topological polar surface area (TPSA) is 108 Å². The van der Waals surface area contributed by atoms with E-state index in [1.54, 1.807) is 54.1 Å². The lowest BCUT2D eigenvalue weighted by atomic mass is 9.85. The van der Waals surface area contributed by atoms with Crippen molar-refractivity contribution in [1.82, 2.24) is 20.4 Å². The van der Waals surface area contributed by atoms with Crippen molar-refractivity contribution in [1.29, 1.82) is 0 Å². The van der Waals surface area contributed by atoms with Gasteiger partial charge in [-0.1, -0.05) is 69.3 Å². The summed E-state index contributed by atoms with van der Waals surface area (Å²) in [4.78, 5) is 55.9. The summed E-state index contributed by atoms with van der Waals surface area (Å²) in [5.41, 5.74) is 0.952. The van der Waals surface area contributed by atoms with Crippen molar-refractivity contribution in [3.05, 3.63) is 71.8 Å². The Balaban J connectivity index is 1.74. The van der Waals surface area contributed by atoms with Crippen LogP contribution in [0.3, 0.4) is 0 Å². The highest BCUT2D eigenvalue weighted by atomic mass is 16.5. The standard InChI is InChI=1S/C32H44N4O5/c1-23(33-5)29(38)34-28(32(2,3)4)30(39)36-19-12-17-26(36)21-35(20-18-24-13-8-6-9-14-24)27(37)22-41-31(40)25-15-10-7-11-16-25/h6-11,13-16,23,26,28,33H,12,17-22H2,1-5H3,(H,34,38)/t23-,26?,28?/m0/s1. The highest BCUT2D eigenvalue weighted by Gasteiger charge is 2.40. The zero-order chi connectivity index (χ0) is 30.0. The molecule has 0 spiro atoms. The van der Waals surface area contributed by atoms with E-state index in [-0.39, 0.29) is 30.4 Å². The molecule has 1 saturated heterocycles. The number of ether oxygens (including phenoxy) is 1. The second-order valence-corrected chi connectivity index (χ2v) is 11.7. The predicted octanol–water partition coefficient (Wildman–Crippen LogP) is 3.04. The number of nitrogens with zero attached hydrogens (tertiary/aromatic N) is 2. The van der Waals surface area contributed by atoms with E-state index >= 15 is 0 Å². The predicted molar refractivity (Wildman–Crippen MR) is 158 cm³/mol. The lowest BCUT2D eigenvalue weighted by molar-refractivity contribution is -0.142. The molecule has 2 aromatic carbocycles. The van der Waals surface area contributed by atoms with Crippen molar-refractivity contribution in [3.8, 4) is 0 Å². The molecule has 2 N–H and O–H groups in total. The van der Waals surface area contributed by atoms with Crippen molar-refractivity contribution in [3.63, 3.8) is 0 Å². The molecule has 0 radical (unpaired) electrons. The largest absolute Gasteiger partial charge is 0.452 e. The van der Waals surface area contributed by atoms with E-state index in [0.717, 1.165) is 18.4 Å². The van der Waals surface area contributed by atoms with Gasteiger partial charge in [0.1, 0.15) is 6.04 Å². The van der Waals surface area contributed by atoms with Crippen molar-refractivity contribution >= 4 is 23.7 Å².